The molecule has 0 saturated heterocycles. The molecule has 0 aliphatic carbocycles. The minimum atomic E-state index is 0.0265. The van der Waals surface area contributed by atoms with Crippen LogP contribution in [0, 0.1) is 0 Å². The van der Waals surface area contributed by atoms with Gasteiger partial charge in [-0.2, -0.15) is 0 Å². The minimum Gasteiger partial charge on any atom is -0.359 e. The van der Waals surface area contributed by atoms with Crippen molar-refractivity contribution in [3.05, 3.63) is 47.1 Å². The summed E-state index contributed by atoms with van der Waals surface area (Å²) in [6, 6.07) is 8.00. The van der Waals surface area contributed by atoms with Gasteiger partial charge in [0.25, 0.3) is 0 Å². The lowest BCUT2D eigenvalue weighted by Gasteiger charge is -2.12. The van der Waals surface area contributed by atoms with Crippen LogP contribution in [0.4, 0.5) is 5.82 Å². The van der Waals surface area contributed by atoms with Crippen molar-refractivity contribution in [3.8, 4) is 0 Å². The fourth-order valence-electron chi connectivity index (χ4n) is 1.87. The average molecular weight is 318 g/mol. The van der Waals surface area contributed by atoms with Crippen LogP contribution in [-0.4, -0.2) is 19.9 Å². The minimum absolute atomic E-state index is 0.0265. The molecule has 0 fully saturated rings. The number of hydrogen-bond acceptors (Lipinski definition) is 4. The number of hydrogen-bond donors (Lipinski definition) is 2. The van der Waals surface area contributed by atoms with Crippen molar-refractivity contribution < 1.29 is 0 Å². The van der Waals surface area contributed by atoms with Gasteiger partial charge in [0, 0.05) is 6.20 Å². The van der Waals surface area contributed by atoms with Gasteiger partial charge in [0.05, 0.1) is 21.5 Å². The van der Waals surface area contributed by atoms with Crippen LogP contribution in [0.15, 0.2) is 41.3 Å². The Morgan fingerprint density at radius 2 is 2.16 bits per heavy atom. The molecule has 0 amide bonds. The molecule has 5 nitrogen and oxygen atoms in total. The maximum atomic E-state index is 4.56. The van der Waals surface area contributed by atoms with E-state index in [1.54, 1.807) is 6.20 Å². The summed E-state index contributed by atoms with van der Waals surface area (Å²) in [6.45, 7) is 2.03. The number of aromatic nitrogens is 4. The first-order chi connectivity index (χ1) is 9.24. The van der Waals surface area contributed by atoms with E-state index in [1.807, 2.05) is 31.2 Å². The molecule has 0 unspecified atom stereocenters. The number of imidazole rings is 1. The molecule has 3 rings (SSSR count). The summed E-state index contributed by atoms with van der Waals surface area (Å²) in [5, 5.41) is 3.30. The Hall–Kier alpha value is -1.95. The van der Waals surface area contributed by atoms with Crippen LogP contribution in [0.25, 0.3) is 11.0 Å². The van der Waals surface area contributed by atoms with Crippen LogP contribution in [0.3, 0.4) is 0 Å². The van der Waals surface area contributed by atoms with E-state index < -0.39 is 0 Å². The van der Waals surface area contributed by atoms with E-state index in [9.17, 15) is 0 Å². The van der Waals surface area contributed by atoms with Crippen molar-refractivity contribution in [2.45, 2.75) is 13.0 Å². The number of benzene rings is 1. The Kier molecular flexibility index (Phi) is 3.16. The zero-order valence-electron chi connectivity index (χ0n) is 10.3. The summed E-state index contributed by atoms with van der Waals surface area (Å²) in [4.78, 5) is 16.0. The molecular formula is C13H12BrN5. The number of H-pyrrole nitrogens is 1. The molecule has 1 aromatic carbocycles. The average Bonchev–Trinajstić information content (AvgIpc) is 2.85. The van der Waals surface area contributed by atoms with Crippen LogP contribution >= 0.6 is 15.9 Å². The van der Waals surface area contributed by atoms with E-state index in [0.717, 1.165) is 27.1 Å². The van der Waals surface area contributed by atoms with E-state index in [4.69, 9.17) is 0 Å². The predicted octanol–water partition coefficient (Wildman–Crippen LogP) is 3.29. The highest BCUT2D eigenvalue weighted by Crippen LogP contribution is 2.23. The number of halogens is 1. The van der Waals surface area contributed by atoms with Crippen LogP contribution in [0.5, 0.6) is 0 Å². The number of rotatable bonds is 3. The number of fused-ring (bicyclic) bond motifs is 1. The highest BCUT2D eigenvalue weighted by Gasteiger charge is 2.12. The molecule has 19 heavy (non-hydrogen) atoms. The maximum absolute atomic E-state index is 4.56. The van der Waals surface area contributed by atoms with Crippen molar-refractivity contribution >= 4 is 32.8 Å². The van der Waals surface area contributed by atoms with Gasteiger partial charge in [0.15, 0.2) is 0 Å². The Morgan fingerprint density at radius 1 is 1.32 bits per heavy atom. The largest absolute Gasteiger partial charge is 0.359 e. The topological polar surface area (TPSA) is 66.5 Å². The molecule has 2 N–H and O–H groups in total. The third-order valence-corrected chi connectivity index (χ3v) is 3.42. The second-order valence-electron chi connectivity index (χ2n) is 4.22. The normalized spacial score (nSPS) is 12.5. The summed E-state index contributed by atoms with van der Waals surface area (Å²) >= 11 is 3.41. The lowest BCUT2D eigenvalue weighted by molar-refractivity contribution is 0.806. The van der Waals surface area contributed by atoms with Crippen LogP contribution in [0.2, 0.25) is 0 Å². The van der Waals surface area contributed by atoms with Gasteiger partial charge in [-0.05, 0) is 35.0 Å². The van der Waals surface area contributed by atoms with E-state index in [-0.39, 0.29) is 6.04 Å². The first-order valence-electron chi connectivity index (χ1n) is 5.91. The van der Waals surface area contributed by atoms with Gasteiger partial charge in [-0.25, -0.2) is 15.0 Å². The van der Waals surface area contributed by atoms with Crippen LogP contribution in [-0.2, 0) is 0 Å². The van der Waals surface area contributed by atoms with E-state index in [2.05, 4.69) is 41.2 Å². The van der Waals surface area contributed by atoms with Crippen molar-refractivity contribution in [3.63, 3.8) is 0 Å². The molecule has 0 aliphatic heterocycles. The van der Waals surface area contributed by atoms with Crippen molar-refractivity contribution in [2.24, 2.45) is 0 Å². The Labute approximate surface area is 118 Å². The first kappa shape index (κ1) is 12.1. The summed E-state index contributed by atoms with van der Waals surface area (Å²) < 4.78 is 0.831. The molecule has 0 spiro atoms. The number of nitrogens with zero attached hydrogens (tertiary/aromatic N) is 3. The second kappa shape index (κ2) is 4.97. The third-order valence-electron chi connectivity index (χ3n) is 2.84. The second-order valence-corrected chi connectivity index (χ2v) is 5.08. The van der Waals surface area contributed by atoms with Crippen molar-refractivity contribution in [1.82, 2.24) is 19.9 Å². The van der Waals surface area contributed by atoms with Crippen molar-refractivity contribution in [1.29, 1.82) is 0 Å². The van der Waals surface area contributed by atoms with Crippen LogP contribution in [0.1, 0.15) is 18.8 Å². The number of nitrogens with one attached hydrogen (secondary N) is 2. The molecule has 2 aromatic heterocycles. The molecule has 96 valence electrons. The summed E-state index contributed by atoms with van der Waals surface area (Å²) in [5.41, 5.74) is 2.00. The van der Waals surface area contributed by atoms with Gasteiger partial charge >= 0.3 is 0 Å². The monoisotopic (exact) mass is 317 g/mol. The van der Waals surface area contributed by atoms with Gasteiger partial charge in [-0.3, -0.25) is 0 Å². The third kappa shape index (κ3) is 2.44. The summed E-state index contributed by atoms with van der Waals surface area (Å²) in [5.74, 6) is 1.63. The van der Waals surface area contributed by atoms with E-state index in [1.165, 1.54) is 6.33 Å². The molecule has 1 atom stereocenters. The molecule has 0 radical (unpaired) electrons. The van der Waals surface area contributed by atoms with Gasteiger partial charge in [0.1, 0.15) is 18.0 Å². The Bertz CT molecular complexity index is 676. The lowest BCUT2D eigenvalue weighted by Crippen LogP contribution is -2.10. The smallest absolute Gasteiger partial charge is 0.144 e. The Balaban J connectivity index is 1.87. The number of anilines is 1. The van der Waals surface area contributed by atoms with Gasteiger partial charge in [-0.15, -0.1) is 0 Å². The molecule has 0 aliphatic rings. The van der Waals surface area contributed by atoms with E-state index >= 15 is 0 Å². The van der Waals surface area contributed by atoms with Gasteiger partial charge < -0.3 is 10.3 Å². The quantitative estimate of drug-likeness (QED) is 0.778. The molecule has 2 heterocycles. The van der Waals surface area contributed by atoms with Gasteiger partial charge in [-0.1, -0.05) is 12.1 Å². The molecule has 0 saturated carbocycles. The first-order valence-corrected chi connectivity index (χ1v) is 6.70. The number of aromatic amines is 1. The lowest BCUT2D eigenvalue weighted by atomic mass is 10.3. The highest BCUT2D eigenvalue weighted by molar-refractivity contribution is 9.10. The van der Waals surface area contributed by atoms with E-state index in [0.29, 0.717) is 0 Å². The fraction of sp³-hybridized carbons (Fsp3) is 0.154. The Morgan fingerprint density at radius 3 is 2.95 bits per heavy atom. The zero-order valence-corrected chi connectivity index (χ0v) is 11.8. The number of para-hydroxylation sites is 2. The maximum Gasteiger partial charge on any atom is 0.144 e. The SMILES string of the molecule is C[C@@H](Nc1ncncc1Br)c1nc2ccccc2[nH]1. The highest BCUT2D eigenvalue weighted by atomic mass is 79.9. The van der Waals surface area contributed by atoms with Crippen molar-refractivity contribution in [2.75, 3.05) is 5.32 Å². The molecular weight excluding hydrogens is 306 g/mol. The standard InChI is InChI=1S/C13H12BrN5/c1-8(17-13-9(14)6-15-7-16-13)12-18-10-4-2-3-5-11(10)19-12/h2-8H,1H3,(H,18,19)(H,15,16,17)/t8-/m1/s1. The molecule has 3 aromatic rings. The summed E-state index contributed by atoms with van der Waals surface area (Å²) in [6.07, 6.45) is 3.22. The zero-order chi connectivity index (χ0) is 13.2. The summed E-state index contributed by atoms with van der Waals surface area (Å²) in [7, 11) is 0. The van der Waals surface area contributed by atoms with Gasteiger partial charge in [0.2, 0.25) is 0 Å². The molecule has 6 heteroatoms. The predicted molar refractivity (Wildman–Crippen MR) is 77.9 cm³/mol. The fourth-order valence-corrected chi connectivity index (χ4v) is 2.20. The van der Waals surface area contributed by atoms with Crippen LogP contribution < -0.4 is 5.32 Å². The molecule has 0 bridgehead atoms.